The largest absolute Gasteiger partial charge is 0.372 e. The van der Waals surface area contributed by atoms with Gasteiger partial charge in [-0.05, 0) is 87.8 Å². The molecule has 3 aromatic rings. The summed E-state index contributed by atoms with van der Waals surface area (Å²) in [6.07, 6.45) is 11.4. The maximum absolute atomic E-state index is 13.9. The average Bonchev–Trinajstić information content (AvgIpc) is 3.31. The fraction of sp³-hybridized carbons (Fsp3) is 0.548. The number of hydrogen-bond donors (Lipinski definition) is 1. The summed E-state index contributed by atoms with van der Waals surface area (Å²) in [5.41, 5.74) is 10.1. The minimum atomic E-state index is -0.746. The molecular weight excluding hydrogens is 444 g/mol. The van der Waals surface area contributed by atoms with E-state index in [0.717, 1.165) is 61.2 Å². The molecule has 1 aromatic heterocycles. The molecular formula is C31H42N4O. The minimum absolute atomic E-state index is 0.162. The number of benzene rings is 2. The molecule has 36 heavy (non-hydrogen) atoms. The zero-order valence-corrected chi connectivity index (χ0v) is 22.1. The smallest absolute Gasteiger partial charge is 0.244 e. The van der Waals surface area contributed by atoms with Crippen molar-refractivity contribution >= 4 is 22.6 Å². The predicted molar refractivity (Wildman–Crippen MR) is 149 cm³/mol. The third-order valence-electron chi connectivity index (χ3n) is 9.03. The van der Waals surface area contributed by atoms with Gasteiger partial charge in [-0.3, -0.25) is 4.79 Å². The molecule has 0 radical (unpaired) electrons. The first-order valence-corrected chi connectivity index (χ1v) is 14.2. The Morgan fingerprint density at radius 1 is 0.889 bits per heavy atom. The molecule has 2 aliphatic carbocycles. The van der Waals surface area contributed by atoms with Gasteiger partial charge in [0.15, 0.2) is 0 Å². The molecule has 2 saturated carbocycles. The van der Waals surface area contributed by atoms with Crippen LogP contribution in [-0.2, 0) is 10.3 Å². The normalized spacial score (nSPS) is 17.9. The Morgan fingerprint density at radius 2 is 1.44 bits per heavy atom. The molecule has 0 atom stereocenters. The van der Waals surface area contributed by atoms with Gasteiger partial charge in [-0.15, -0.1) is 0 Å². The standard InChI is InChI=1S/C31H42N4O/c1-3-34(4-2)26-21-19-23(20-22-26)29-33-27-17-11-12-18-28(27)35(29)31(30(32)36,24-13-7-5-8-14-24)25-15-9-6-10-16-25/h11-12,17-22,24-25H,3-10,13-16H2,1-2H3,(H2,32,36). The summed E-state index contributed by atoms with van der Waals surface area (Å²) in [5.74, 6) is 1.22. The molecule has 0 spiro atoms. The zero-order chi connectivity index (χ0) is 25.1. The van der Waals surface area contributed by atoms with Crippen LogP contribution < -0.4 is 10.6 Å². The number of amides is 1. The van der Waals surface area contributed by atoms with Crippen molar-refractivity contribution in [1.29, 1.82) is 0 Å². The molecule has 0 unspecified atom stereocenters. The van der Waals surface area contributed by atoms with E-state index in [0.29, 0.717) is 0 Å². The van der Waals surface area contributed by atoms with Crippen LogP contribution in [0.25, 0.3) is 22.4 Å². The second-order valence-electron chi connectivity index (χ2n) is 10.8. The number of aromatic nitrogens is 2. The van der Waals surface area contributed by atoms with Crippen LogP contribution in [0.1, 0.15) is 78.1 Å². The van der Waals surface area contributed by atoms with E-state index in [1.807, 2.05) is 6.07 Å². The molecule has 5 nitrogen and oxygen atoms in total. The van der Waals surface area contributed by atoms with Gasteiger partial charge in [0.2, 0.25) is 5.91 Å². The number of anilines is 1. The summed E-state index contributed by atoms with van der Waals surface area (Å²) in [7, 11) is 0. The van der Waals surface area contributed by atoms with E-state index in [2.05, 4.69) is 65.8 Å². The second kappa shape index (κ2) is 10.7. The number of carbonyl (C=O) groups excluding carboxylic acids is 1. The molecule has 1 amide bonds. The van der Waals surface area contributed by atoms with E-state index in [1.54, 1.807) is 0 Å². The monoisotopic (exact) mass is 486 g/mol. The summed E-state index contributed by atoms with van der Waals surface area (Å²) in [6, 6.07) is 17.1. The van der Waals surface area contributed by atoms with Crippen molar-refractivity contribution in [3.05, 3.63) is 48.5 Å². The summed E-state index contributed by atoms with van der Waals surface area (Å²) in [4.78, 5) is 21.5. The highest BCUT2D eigenvalue weighted by atomic mass is 16.1. The average molecular weight is 487 g/mol. The number of imidazole rings is 1. The Labute approximate surface area is 216 Å². The van der Waals surface area contributed by atoms with Gasteiger partial charge >= 0.3 is 0 Å². The van der Waals surface area contributed by atoms with E-state index in [1.165, 1.54) is 44.2 Å². The molecule has 192 valence electrons. The number of hydrogen-bond acceptors (Lipinski definition) is 3. The Kier molecular flexibility index (Phi) is 7.36. The van der Waals surface area contributed by atoms with Crippen LogP contribution in [0.2, 0.25) is 0 Å². The highest BCUT2D eigenvalue weighted by Crippen LogP contribution is 2.50. The topological polar surface area (TPSA) is 64.2 Å². The Balaban J connectivity index is 1.75. The molecule has 5 rings (SSSR count). The van der Waals surface area contributed by atoms with E-state index >= 15 is 0 Å². The Bertz CT molecular complexity index is 1150. The first-order chi connectivity index (χ1) is 17.6. The lowest BCUT2D eigenvalue weighted by molar-refractivity contribution is -0.135. The van der Waals surface area contributed by atoms with Gasteiger partial charge < -0.3 is 15.2 Å². The van der Waals surface area contributed by atoms with E-state index in [-0.39, 0.29) is 17.7 Å². The first kappa shape index (κ1) is 24.9. The maximum Gasteiger partial charge on any atom is 0.244 e. The summed E-state index contributed by atoms with van der Waals surface area (Å²) in [6.45, 7) is 6.32. The molecule has 2 fully saturated rings. The lowest BCUT2D eigenvalue weighted by Gasteiger charge is -2.48. The molecule has 0 bridgehead atoms. The van der Waals surface area contributed by atoms with Crippen LogP contribution in [0.4, 0.5) is 5.69 Å². The van der Waals surface area contributed by atoms with Crippen molar-refractivity contribution in [2.24, 2.45) is 17.6 Å². The number of para-hydroxylation sites is 2. The number of fused-ring (bicyclic) bond motifs is 1. The number of nitrogens with two attached hydrogens (primary N) is 1. The Hall–Kier alpha value is -2.82. The zero-order valence-electron chi connectivity index (χ0n) is 22.1. The van der Waals surface area contributed by atoms with Crippen LogP contribution >= 0.6 is 0 Å². The quantitative estimate of drug-likeness (QED) is 0.377. The fourth-order valence-electron chi connectivity index (χ4n) is 7.30. The van der Waals surface area contributed by atoms with Crippen LogP contribution in [0.15, 0.2) is 48.5 Å². The minimum Gasteiger partial charge on any atom is -0.372 e. The highest BCUT2D eigenvalue weighted by molar-refractivity contribution is 5.90. The molecule has 5 heteroatoms. The second-order valence-corrected chi connectivity index (χ2v) is 10.8. The molecule has 2 N–H and O–H groups in total. The van der Waals surface area contributed by atoms with E-state index < -0.39 is 5.54 Å². The maximum atomic E-state index is 13.9. The van der Waals surface area contributed by atoms with Crippen molar-refractivity contribution < 1.29 is 4.79 Å². The van der Waals surface area contributed by atoms with Crippen LogP contribution in [0.3, 0.4) is 0 Å². The summed E-state index contributed by atoms with van der Waals surface area (Å²) in [5, 5.41) is 0. The number of primary amides is 1. The van der Waals surface area contributed by atoms with Gasteiger partial charge in [0.1, 0.15) is 11.4 Å². The van der Waals surface area contributed by atoms with Gasteiger partial charge in [0, 0.05) is 24.3 Å². The van der Waals surface area contributed by atoms with Crippen LogP contribution in [-0.4, -0.2) is 28.5 Å². The number of rotatable bonds is 8. The summed E-state index contributed by atoms with van der Waals surface area (Å²) < 4.78 is 2.32. The van der Waals surface area contributed by atoms with Crippen molar-refractivity contribution in [1.82, 2.24) is 9.55 Å². The van der Waals surface area contributed by atoms with Gasteiger partial charge in [-0.25, -0.2) is 4.98 Å². The highest BCUT2D eigenvalue weighted by Gasteiger charge is 2.53. The predicted octanol–water partition coefficient (Wildman–Crippen LogP) is 6.89. The van der Waals surface area contributed by atoms with E-state index in [4.69, 9.17) is 10.7 Å². The number of carbonyl (C=O) groups is 1. The van der Waals surface area contributed by atoms with Crippen molar-refractivity contribution in [2.75, 3.05) is 18.0 Å². The van der Waals surface area contributed by atoms with Crippen LogP contribution in [0, 0.1) is 11.8 Å². The van der Waals surface area contributed by atoms with Gasteiger partial charge in [-0.2, -0.15) is 0 Å². The Morgan fingerprint density at radius 3 is 1.97 bits per heavy atom. The van der Waals surface area contributed by atoms with Gasteiger partial charge in [-0.1, -0.05) is 50.7 Å². The van der Waals surface area contributed by atoms with Gasteiger partial charge in [0.25, 0.3) is 0 Å². The molecule has 2 aromatic carbocycles. The van der Waals surface area contributed by atoms with Gasteiger partial charge in [0.05, 0.1) is 11.0 Å². The SMILES string of the molecule is CCN(CC)c1ccc(-c2nc3ccccc3n2C(C(N)=O)(C2CCCCC2)C2CCCCC2)cc1. The van der Waals surface area contributed by atoms with Crippen molar-refractivity contribution in [3.63, 3.8) is 0 Å². The third kappa shape index (κ3) is 4.21. The third-order valence-corrected chi connectivity index (χ3v) is 9.03. The van der Waals surface area contributed by atoms with Crippen molar-refractivity contribution in [2.45, 2.75) is 83.6 Å². The molecule has 0 aliphatic heterocycles. The lowest BCUT2D eigenvalue weighted by atomic mass is 9.63. The number of nitrogens with zero attached hydrogens (tertiary/aromatic N) is 3. The van der Waals surface area contributed by atoms with Crippen molar-refractivity contribution in [3.8, 4) is 11.4 Å². The lowest BCUT2D eigenvalue weighted by Crippen LogP contribution is -2.58. The first-order valence-electron chi connectivity index (χ1n) is 14.2. The van der Waals surface area contributed by atoms with Crippen LogP contribution in [0.5, 0.6) is 0 Å². The molecule has 2 aliphatic rings. The summed E-state index contributed by atoms with van der Waals surface area (Å²) >= 11 is 0. The fourth-order valence-corrected chi connectivity index (χ4v) is 7.30. The molecule has 1 heterocycles. The molecule has 0 saturated heterocycles. The van der Waals surface area contributed by atoms with E-state index in [9.17, 15) is 4.79 Å².